The van der Waals surface area contributed by atoms with Crippen molar-refractivity contribution in [3.63, 3.8) is 0 Å². The Kier molecular flexibility index (Phi) is 3.56. The minimum Gasteiger partial charge on any atom is -0.394 e. The van der Waals surface area contributed by atoms with E-state index in [1.807, 2.05) is 36.5 Å². The van der Waals surface area contributed by atoms with Crippen LogP contribution in [-0.2, 0) is 6.54 Å². The summed E-state index contributed by atoms with van der Waals surface area (Å²) in [5, 5.41) is 17.0. The second kappa shape index (κ2) is 5.67. The van der Waals surface area contributed by atoms with Crippen LogP contribution in [0.1, 0.15) is 0 Å². The van der Waals surface area contributed by atoms with Crippen molar-refractivity contribution in [1.29, 1.82) is 0 Å². The van der Waals surface area contributed by atoms with Gasteiger partial charge in [0.25, 0.3) is 0 Å². The highest BCUT2D eigenvalue weighted by Gasteiger charge is 2.04. The van der Waals surface area contributed by atoms with Crippen LogP contribution in [-0.4, -0.2) is 26.7 Å². The second-order valence-corrected chi connectivity index (χ2v) is 4.53. The molecule has 3 aromatic rings. The molecule has 2 aromatic carbocycles. The molecule has 0 aliphatic heterocycles. The van der Waals surface area contributed by atoms with Gasteiger partial charge in [-0.2, -0.15) is 0 Å². The van der Waals surface area contributed by atoms with Crippen molar-refractivity contribution in [2.75, 3.05) is 6.61 Å². The van der Waals surface area contributed by atoms with Gasteiger partial charge in [-0.15, -0.1) is 5.10 Å². The molecule has 3 rings (SSSR count). The third kappa shape index (κ3) is 2.60. The molecule has 0 saturated carbocycles. The zero-order chi connectivity index (χ0) is 13.8. The number of aliphatic hydroxyl groups is 1. The van der Waals surface area contributed by atoms with Gasteiger partial charge in [0.2, 0.25) is 0 Å². The first kappa shape index (κ1) is 12.6. The molecule has 20 heavy (non-hydrogen) atoms. The molecular formula is C16H15N3O. The van der Waals surface area contributed by atoms with Gasteiger partial charge >= 0.3 is 0 Å². The van der Waals surface area contributed by atoms with Crippen molar-refractivity contribution in [2.45, 2.75) is 6.54 Å². The number of nitrogens with zero attached hydrogens (tertiary/aromatic N) is 3. The molecule has 1 aromatic heterocycles. The largest absolute Gasteiger partial charge is 0.394 e. The average Bonchev–Trinajstić information content (AvgIpc) is 2.97. The molecule has 0 saturated heterocycles. The van der Waals surface area contributed by atoms with E-state index in [9.17, 15) is 0 Å². The number of rotatable bonds is 4. The van der Waals surface area contributed by atoms with Gasteiger partial charge in [-0.1, -0.05) is 59.8 Å². The Labute approximate surface area is 117 Å². The third-order valence-corrected chi connectivity index (χ3v) is 3.16. The van der Waals surface area contributed by atoms with E-state index in [1.165, 1.54) is 11.1 Å². The summed E-state index contributed by atoms with van der Waals surface area (Å²) in [6.07, 6.45) is 1.84. The van der Waals surface area contributed by atoms with Gasteiger partial charge in [0.1, 0.15) is 5.69 Å². The van der Waals surface area contributed by atoms with Crippen LogP contribution in [0.4, 0.5) is 0 Å². The molecule has 0 spiro atoms. The summed E-state index contributed by atoms with van der Waals surface area (Å²) in [5.41, 5.74) is 4.21. The maximum Gasteiger partial charge on any atom is 0.113 e. The molecule has 0 radical (unpaired) electrons. The van der Waals surface area contributed by atoms with Crippen LogP contribution in [0.3, 0.4) is 0 Å². The van der Waals surface area contributed by atoms with Crippen LogP contribution in [0.5, 0.6) is 0 Å². The fraction of sp³-hybridized carbons (Fsp3) is 0.125. The van der Waals surface area contributed by atoms with E-state index in [0.29, 0.717) is 6.54 Å². The SMILES string of the molecule is OCCn1cc(-c2ccc(-c3ccccc3)cc2)nn1. The van der Waals surface area contributed by atoms with Crippen LogP contribution in [0.25, 0.3) is 22.4 Å². The van der Waals surface area contributed by atoms with Gasteiger partial charge < -0.3 is 5.11 Å². The average molecular weight is 265 g/mol. The number of hydrogen-bond acceptors (Lipinski definition) is 3. The lowest BCUT2D eigenvalue weighted by Gasteiger charge is -2.02. The Morgan fingerprint density at radius 1 is 0.850 bits per heavy atom. The van der Waals surface area contributed by atoms with Crippen molar-refractivity contribution in [1.82, 2.24) is 15.0 Å². The fourth-order valence-corrected chi connectivity index (χ4v) is 2.11. The highest BCUT2D eigenvalue weighted by Crippen LogP contribution is 2.23. The molecule has 0 bridgehead atoms. The molecule has 4 nitrogen and oxygen atoms in total. The molecule has 0 fully saturated rings. The van der Waals surface area contributed by atoms with Gasteiger partial charge in [-0.05, 0) is 11.1 Å². The van der Waals surface area contributed by atoms with Gasteiger partial charge in [0, 0.05) is 5.56 Å². The second-order valence-electron chi connectivity index (χ2n) is 4.53. The summed E-state index contributed by atoms with van der Waals surface area (Å²) in [5.74, 6) is 0. The quantitative estimate of drug-likeness (QED) is 0.789. The monoisotopic (exact) mass is 265 g/mol. The zero-order valence-electron chi connectivity index (χ0n) is 11.0. The Bertz CT molecular complexity index is 674. The maximum atomic E-state index is 8.87. The van der Waals surface area contributed by atoms with E-state index in [4.69, 9.17) is 5.11 Å². The summed E-state index contributed by atoms with van der Waals surface area (Å²) >= 11 is 0. The number of aliphatic hydroxyl groups excluding tert-OH is 1. The molecule has 1 N–H and O–H groups in total. The topological polar surface area (TPSA) is 50.9 Å². The van der Waals surface area contributed by atoms with Crippen molar-refractivity contribution in [2.24, 2.45) is 0 Å². The first-order valence-electron chi connectivity index (χ1n) is 6.53. The smallest absolute Gasteiger partial charge is 0.113 e. The summed E-state index contributed by atoms with van der Waals surface area (Å²) in [4.78, 5) is 0. The molecule has 0 aliphatic rings. The van der Waals surface area contributed by atoms with Gasteiger partial charge in [-0.25, -0.2) is 4.68 Å². The lowest BCUT2D eigenvalue weighted by atomic mass is 10.0. The van der Waals surface area contributed by atoms with E-state index in [1.54, 1.807) is 4.68 Å². The van der Waals surface area contributed by atoms with E-state index in [-0.39, 0.29) is 6.61 Å². The predicted octanol–water partition coefficient (Wildman–Crippen LogP) is 2.60. The van der Waals surface area contributed by atoms with Crippen LogP contribution < -0.4 is 0 Å². The van der Waals surface area contributed by atoms with E-state index < -0.39 is 0 Å². The van der Waals surface area contributed by atoms with Crippen molar-refractivity contribution >= 4 is 0 Å². The van der Waals surface area contributed by atoms with Crippen LogP contribution >= 0.6 is 0 Å². The van der Waals surface area contributed by atoms with Gasteiger partial charge in [0.15, 0.2) is 0 Å². The summed E-state index contributed by atoms with van der Waals surface area (Å²) in [7, 11) is 0. The Morgan fingerprint density at radius 3 is 2.20 bits per heavy atom. The van der Waals surface area contributed by atoms with Crippen LogP contribution in [0, 0.1) is 0 Å². The van der Waals surface area contributed by atoms with E-state index in [2.05, 4.69) is 34.6 Å². The predicted molar refractivity (Wildman–Crippen MR) is 78.0 cm³/mol. The molecule has 1 heterocycles. The summed E-state index contributed by atoms with van der Waals surface area (Å²) in [6, 6.07) is 18.5. The molecule has 100 valence electrons. The lowest BCUT2D eigenvalue weighted by Crippen LogP contribution is -2.01. The van der Waals surface area contributed by atoms with Crippen molar-refractivity contribution < 1.29 is 5.11 Å². The first-order chi connectivity index (χ1) is 9.86. The Balaban J connectivity index is 1.85. The molecular weight excluding hydrogens is 250 g/mol. The molecule has 4 heteroatoms. The maximum absolute atomic E-state index is 8.87. The number of aromatic nitrogens is 3. The Morgan fingerprint density at radius 2 is 1.50 bits per heavy atom. The molecule has 0 unspecified atom stereocenters. The van der Waals surface area contributed by atoms with Gasteiger partial charge in [-0.3, -0.25) is 0 Å². The molecule has 0 atom stereocenters. The lowest BCUT2D eigenvalue weighted by molar-refractivity contribution is 0.268. The molecule has 0 aliphatic carbocycles. The van der Waals surface area contributed by atoms with Crippen molar-refractivity contribution in [3.05, 3.63) is 60.8 Å². The highest BCUT2D eigenvalue weighted by molar-refractivity contribution is 5.68. The number of benzene rings is 2. The standard InChI is InChI=1S/C16H15N3O/c20-11-10-19-12-16(17-18-19)15-8-6-14(7-9-15)13-4-2-1-3-5-13/h1-9,12,20H,10-11H2. The van der Waals surface area contributed by atoms with Crippen molar-refractivity contribution in [3.8, 4) is 22.4 Å². The first-order valence-corrected chi connectivity index (χ1v) is 6.53. The van der Waals surface area contributed by atoms with E-state index in [0.717, 1.165) is 11.3 Å². The normalized spacial score (nSPS) is 10.7. The minimum atomic E-state index is 0.0652. The fourth-order valence-electron chi connectivity index (χ4n) is 2.11. The van der Waals surface area contributed by atoms with E-state index >= 15 is 0 Å². The summed E-state index contributed by atoms with van der Waals surface area (Å²) in [6.45, 7) is 0.533. The summed E-state index contributed by atoms with van der Waals surface area (Å²) < 4.78 is 1.64. The zero-order valence-corrected chi connectivity index (χ0v) is 11.0. The minimum absolute atomic E-state index is 0.0652. The van der Waals surface area contributed by atoms with Crippen LogP contribution in [0.2, 0.25) is 0 Å². The van der Waals surface area contributed by atoms with Gasteiger partial charge in [0.05, 0.1) is 19.3 Å². The Hall–Kier alpha value is -2.46. The number of hydrogen-bond donors (Lipinski definition) is 1. The van der Waals surface area contributed by atoms with Crippen LogP contribution in [0.15, 0.2) is 60.8 Å². The highest BCUT2D eigenvalue weighted by atomic mass is 16.3. The molecule has 0 amide bonds. The third-order valence-electron chi connectivity index (χ3n) is 3.16.